The molecule has 0 radical (unpaired) electrons. The van der Waals surface area contributed by atoms with Gasteiger partial charge < -0.3 is 9.30 Å². The van der Waals surface area contributed by atoms with Crippen LogP contribution in [-0.2, 0) is 11.5 Å². The maximum Gasteiger partial charge on any atom is 0.163 e. The fourth-order valence-corrected chi connectivity index (χ4v) is 4.48. The Morgan fingerprint density at radius 3 is 2.34 bits per heavy atom. The van der Waals surface area contributed by atoms with E-state index in [0.717, 1.165) is 40.4 Å². The summed E-state index contributed by atoms with van der Waals surface area (Å²) in [7, 11) is -1.07. The van der Waals surface area contributed by atoms with E-state index in [1.54, 1.807) is 6.33 Å². The Morgan fingerprint density at radius 2 is 1.72 bits per heavy atom. The second-order valence-corrected chi connectivity index (χ2v) is 15.3. The molecule has 2 fully saturated rings. The third-order valence-corrected chi connectivity index (χ3v) is 7.51. The highest BCUT2D eigenvalue weighted by Crippen LogP contribution is 2.48. The van der Waals surface area contributed by atoms with Gasteiger partial charge in [0.1, 0.15) is 13.1 Å². The minimum Gasteiger partial charge on any atom is -0.361 e. The van der Waals surface area contributed by atoms with Crippen molar-refractivity contribution >= 4 is 19.1 Å². The summed E-state index contributed by atoms with van der Waals surface area (Å²) < 4.78 is 8.01. The number of fused-ring (bicyclic) bond motifs is 1. The van der Waals surface area contributed by atoms with Gasteiger partial charge in [-0.05, 0) is 37.8 Å². The van der Waals surface area contributed by atoms with Gasteiger partial charge in [0.2, 0.25) is 0 Å². The Bertz CT molecular complexity index is 1000. The van der Waals surface area contributed by atoms with Crippen LogP contribution in [0.2, 0.25) is 25.7 Å². The van der Waals surface area contributed by atoms with E-state index in [1.807, 2.05) is 12.4 Å². The topological polar surface area (TPSA) is 65.7 Å². The molecule has 3 heterocycles. The summed E-state index contributed by atoms with van der Waals surface area (Å²) in [6.07, 6.45) is 10.5. The zero-order chi connectivity index (χ0) is 20.0. The summed E-state index contributed by atoms with van der Waals surface area (Å²) in [5.41, 5.74) is 5.36. The summed E-state index contributed by atoms with van der Waals surface area (Å²) >= 11 is 0. The fourth-order valence-electron chi connectivity index (χ4n) is 3.72. The van der Waals surface area contributed by atoms with Crippen LogP contribution in [-0.4, -0.2) is 39.2 Å². The first-order chi connectivity index (χ1) is 14.0. The number of hydrogen-bond acceptors (Lipinski definition) is 5. The van der Waals surface area contributed by atoms with Crippen molar-refractivity contribution in [1.82, 2.24) is 24.5 Å². The molecule has 6 nitrogen and oxygen atoms in total. The predicted molar refractivity (Wildman–Crippen MR) is 117 cm³/mol. The number of rotatable bonds is 8. The van der Waals surface area contributed by atoms with Crippen molar-refractivity contribution in [2.24, 2.45) is 0 Å². The number of nitrogens with zero attached hydrogens (tertiary/aromatic N) is 5. The zero-order valence-corrected chi connectivity index (χ0v) is 18.6. The fraction of sp³-hybridized carbons (Fsp3) is 0.545. The molecular formula is C22H29N5OSi. The molecule has 3 aromatic heterocycles. The van der Waals surface area contributed by atoms with Crippen molar-refractivity contribution in [1.29, 1.82) is 0 Å². The highest BCUT2D eigenvalue weighted by Gasteiger charge is 2.35. The van der Waals surface area contributed by atoms with Gasteiger partial charge in [0, 0.05) is 32.7 Å². The van der Waals surface area contributed by atoms with Gasteiger partial charge in [-0.25, -0.2) is 19.9 Å². The number of ether oxygens (including phenoxy) is 1. The molecule has 152 valence electrons. The Morgan fingerprint density at radius 1 is 1.03 bits per heavy atom. The standard InChI is InChI=1S/C22H29N5OSi/c1-29(2,3)11-10-28-14-27-9-8-17-18(27)12-23-22(26-17)19-20(15-4-5-15)24-13-25-21(19)16-6-7-16/h8-9,12-13,15-16H,4-7,10-11,14H2,1-3H3. The third-order valence-electron chi connectivity index (χ3n) is 5.80. The van der Waals surface area contributed by atoms with E-state index in [4.69, 9.17) is 14.7 Å². The maximum absolute atomic E-state index is 5.92. The first-order valence-corrected chi connectivity index (χ1v) is 14.4. The monoisotopic (exact) mass is 407 g/mol. The third kappa shape index (κ3) is 4.11. The second kappa shape index (κ2) is 7.29. The normalized spacial score (nSPS) is 17.2. The van der Waals surface area contributed by atoms with Crippen LogP contribution in [0.25, 0.3) is 22.4 Å². The van der Waals surface area contributed by atoms with Crippen LogP contribution in [0.15, 0.2) is 24.8 Å². The van der Waals surface area contributed by atoms with Crippen LogP contribution >= 0.6 is 0 Å². The van der Waals surface area contributed by atoms with E-state index in [9.17, 15) is 0 Å². The molecule has 5 rings (SSSR count). The Balaban J connectivity index is 1.42. The molecule has 7 heteroatoms. The van der Waals surface area contributed by atoms with Gasteiger partial charge in [0.05, 0.1) is 34.2 Å². The van der Waals surface area contributed by atoms with Crippen LogP contribution in [0.3, 0.4) is 0 Å². The van der Waals surface area contributed by atoms with Crippen molar-refractivity contribution in [3.8, 4) is 11.4 Å². The minimum atomic E-state index is -1.07. The van der Waals surface area contributed by atoms with Gasteiger partial charge in [-0.2, -0.15) is 0 Å². The second-order valence-electron chi connectivity index (χ2n) is 9.67. The summed E-state index contributed by atoms with van der Waals surface area (Å²) in [5.74, 6) is 1.88. The highest BCUT2D eigenvalue weighted by atomic mass is 28.3. The highest BCUT2D eigenvalue weighted by molar-refractivity contribution is 6.76. The Hall–Kier alpha value is -2.12. The first kappa shape index (κ1) is 18.9. The van der Waals surface area contributed by atoms with Crippen molar-refractivity contribution < 1.29 is 4.74 Å². The average Bonchev–Trinajstić information content (AvgIpc) is 3.60. The molecular weight excluding hydrogens is 378 g/mol. The summed E-state index contributed by atoms with van der Waals surface area (Å²) in [6, 6.07) is 3.23. The van der Waals surface area contributed by atoms with Gasteiger partial charge >= 0.3 is 0 Å². The zero-order valence-electron chi connectivity index (χ0n) is 17.6. The van der Waals surface area contributed by atoms with Gasteiger partial charge in [-0.1, -0.05) is 19.6 Å². The molecule has 0 aromatic carbocycles. The molecule has 2 aliphatic carbocycles. The lowest BCUT2D eigenvalue weighted by atomic mass is 10.0. The quantitative estimate of drug-likeness (QED) is 0.390. The van der Waals surface area contributed by atoms with Crippen molar-refractivity contribution in [3.63, 3.8) is 0 Å². The van der Waals surface area contributed by atoms with Crippen molar-refractivity contribution in [2.45, 2.75) is 69.9 Å². The van der Waals surface area contributed by atoms with E-state index in [0.29, 0.717) is 18.6 Å². The molecule has 0 unspecified atom stereocenters. The molecule has 0 spiro atoms. The summed E-state index contributed by atoms with van der Waals surface area (Å²) in [5, 5.41) is 0. The average molecular weight is 408 g/mol. The van der Waals surface area contributed by atoms with Crippen LogP contribution in [0.4, 0.5) is 0 Å². The Labute approximate surface area is 172 Å². The van der Waals surface area contributed by atoms with Crippen LogP contribution in [0.5, 0.6) is 0 Å². The molecule has 0 atom stereocenters. The lowest BCUT2D eigenvalue weighted by Crippen LogP contribution is -2.21. The van der Waals surface area contributed by atoms with Crippen molar-refractivity contribution in [2.75, 3.05) is 6.61 Å². The van der Waals surface area contributed by atoms with Gasteiger partial charge in [0.25, 0.3) is 0 Å². The maximum atomic E-state index is 5.92. The van der Waals surface area contributed by atoms with Crippen LogP contribution in [0, 0.1) is 0 Å². The first-order valence-electron chi connectivity index (χ1n) is 10.7. The lowest BCUT2D eigenvalue weighted by Gasteiger charge is -2.15. The smallest absolute Gasteiger partial charge is 0.163 e. The number of aromatic nitrogens is 5. The SMILES string of the molecule is C[Si](C)(C)CCOCn1ccc2nc(-c3c(C4CC4)ncnc3C3CC3)ncc21. The van der Waals surface area contributed by atoms with E-state index in [-0.39, 0.29) is 0 Å². The largest absolute Gasteiger partial charge is 0.361 e. The van der Waals surface area contributed by atoms with E-state index < -0.39 is 8.07 Å². The van der Waals surface area contributed by atoms with E-state index in [1.165, 1.54) is 31.7 Å². The molecule has 2 saturated carbocycles. The molecule has 0 amide bonds. The van der Waals surface area contributed by atoms with Gasteiger partial charge in [-0.15, -0.1) is 0 Å². The predicted octanol–water partition coefficient (Wildman–Crippen LogP) is 4.96. The van der Waals surface area contributed by atoms with Gasteiger partial charge in [0.15, 0.2) is 5.82 Å². The molecule has 0 aliphatic heterocycles. The van der Waals surface area contributed by atoms with Crippen molar-refractivity contribution in [3.05, 3.63) is 36.2 Å². The Kier molecular flexibility index (Phi) is 4.74. The molecule has 2 aliphatic rings. The number of hydrogen-bond donors (Lipinski definition) is 0. The van der Waals surface area contributed by atoms with Crippen LogP contribution in [0.1, 0.15) is 48.9 Å². The van der Waals surface area contributed by atoms with E-state index in [2.05, 4.69) is 40.2 Å². The summed E-state index contributed by atoms with van der Waals surface area (Å²) in [4.78, 5) is 18.9. The molecule has 0 N–H and O–H groups in total. The van der Waals surface area contributed by atoms with E-state index >= 15 is 0 Å². The van der Waals surface area contributed by atoms with Crippen LogP contribution < -0.4 is 0 Å². The lowest BCUT2D eigenvalue weighted by molar-refractivity contribution is 0.0902. The molecule has 0 saturated heterocycles. The molecule has 0 bridgehead atoms. The molecule has 3 aromatic rings. The van der Waals surface area contributed by atoms with Gasteiger partial charge in [-0.3, -0.25) is 0 Å². The summed E-state index contributed by atoms with van der Waals surface area (Å²) in [6.45, 7) is 8.47. The minimum absolute atomic E-state index is 0.547. The molecule has 29 heavy (non-hydrogen) atoms.